The van der Waals surface area contributed by atoms with Gasteiger partial charge in [0.1, 0.15) is 6.04 Å². The van der Waals surface area contributed by atoms with E-state index >= 15 is 0 Å². The zero-order chi connectivity index (χ0) is 15.8. The maximum absolute atomic E-state index is 12.6. The van der Waals surface area contributed by atoms with Crippen molar-refractivity contribution in [1.29, 1.82) is 0 Å². The first kappa shape index (κ1) is 15.4. The molecule has 0 amide bonds. The number of nitrogens with zero attached hydrogens (tertiary/aromatic N) is 2. The molecule has 1 aromatic heterocycles. The average molecular weight is 308 g/mol. The van der Waals surface area contributed by atoms with Gasteiger partial charge in [0.2, 0.25) is 10.0 Å². The fourth-order valence-corrected chi connectivity index (χ4v) is 3.53. The average Bonchev–Trinajstić information content (AvgIpc) is 2.45. The summed E-state index contributed by atoms with van der Waals surface area (Å²) in [6.45, 7) is 3.17. The maximum Gasteiger partial charge on any atom is 0.321 e. The van der Waals surface area contributed by atoms with Crippen LogP contribution in [0.15, 0.2) is 35.4 Å². The van der Waals surface area contributed by atoms with E-state index in [4.69, 9.17) is 5.11 Å². The van der Waals surface area contributed by atoms with Crippen molar-refractivity contribution < 1.29 is 18.3 Å². The van der Waals surface area contributed by atoms with E-state index < -0.39 is 22.0 Å². The Morgan fingerprint density at radius 3 is 2.62 bits per heavy atom. The van der Waals surface area contributed by atoms with E-state index in [2.05, 4.69) is 4.98 Å². The van der Waals surface area contributed by atoms with Crippen LogP contribution < -0.4 is 0 Å². The Morgan fingerprint density at radius 1 is 1.33 bits per heavy atom. The second-order valence-corrected chi connectivity index (χ2v) is 6.78. The number of aliphatic carboxylic acids is 1. The van der Waals surface area contributed by atoms with Crippen molar-refractivity contribution >= 4 is 26.9 Å². The molecule has 0 spiro atoms. The van der Waals surface area contributed by atoms with Gasteiger partial charge in [-0.25, -0.2) is 8.42 Å². The highest BCUT2D eigenvalue weighted by molar-refractivity contribution is 7.89. The smallest absolute Gasteiger partial charge is 0.321 e. The highest BCUT2D eigenvalue weighted by Crippen LogP contribution is 2.27. The quantitative estimate of drug-likeness (QED) is 0.927. The van der Waals surface area contributed by atoms with Gasteiger partial charge in [0.15, 0.2) is 0 Å². The number of hydrogen-bond donors (Lipinski definition) is 1. The monoisotopic (exact) mass is 308 g/mol. The summed E-state index contributed by atoms with van der Waals surface area (Å²) < 4.78 is 26.1. The standard InChI is InChI=1S/C14H16N2O4S/c1-9-6-7-12(11-5-4-8-15-13(9)11)21(19,20)16(3)10(2)14(17)18/h4-8,10H,1-3H3,(H,17,18). The first-order valence-corrected chi connectivity index (χ1v) is 7.76. The summed E-state index contributed by atoms with van der Waals surface area (Å²) in [5, 5.41) is 9.49. The molecule has 0 fully saturated rings. The molecule has 0 radical (unpaired) electrons. The van der Waals surface area contributed by atoms with E-state index in [1.54, 1.807) is 24.4 Å². The van der Waals surface area contributed by atoms with Gasteiger partial charge in [-0.3, -0.25) is 9.78 Å². The number of fused-ring (bicyclic) bond motifs is 1. The lowest BCUT2D eigenvalue weighted by Gasteiger charge is -2.22. The van der Waals surface area contributed by atoms with Crippen molar-refractivity contribution in [2.24, 2.45) is 0 Å². The summed E-state index contributed by atoms with van der Waals surface area (Å²) in [4.78, 5) is 15.3. The molecule has 112 valence electrons. The Balaban J connectivity index is 2.66. The summed E-state index contributed by atoms with van der Waals surface area (Å²) in [6, 6.07) is 5.33. The number of carboxylic acid groups (broad SMARTS) is 1. The molecule has 1 unspecified atom stereocenters. The van der Waals surface area contributed by atoms with Crippen molar-refractivity contribution in [2.45, 2.75) is 24.8 Å². The number of sulfonamides is 1. The van der Waals surface area contributed by atoms with Crippen LogP contribution in [0.5, 0.6) is 0 Å². The number of carbonyl (C=O) groups is 1. The fourth-order valence-electron chi connectivity index (χ4n) is 2.03. The summed E-state index contributed by atoms with van der Waals surface area (Å²) >= 11 is 0. The third-order valence-corrected chi connectivity index (χ3v) is 5.48. The molecular weight excluding hydrogens is 292 g/mol. The molecule has 0 saturated carbocycles. The van der Waals surface area contributed by atoms with Crippen LogP contribution in [0.4, 0.5) is 0 Å². The number of aryl methyl sites for hydroxylation is 1. The number of benzene rings is 1. The summed E-state index contributed by atoms with van der Waals surface area (Å²) in [5.74, 6) is -1.20. The van der Waals surface area contributed by atoms with E-state index in [1.165, 1.54) is 20.0 Å². The largest absolute Gasteiger partial charge is 0.480 e. The molecule has 0 saturated heterocycles. The normalized spacial score (nSPS) is 13.5. The Hall–Kier alpha value is -1.99. The van der Waals surface area contributed by atoms with Crippen molar-refractivity contribution in [2.75, 3.05) is 7.05 Å². The van der Waals surface area contributed by atoms with Gasteiger partial charge >= 0.3 is 5.97 Å². The lowest BCUT2D eigenvalue weighted by atomic mass is 10.1. The zero-order valence-electron chi connectivity index (χ0n) is 11.9. The summed E-state index contributed by atoms with van der Waals surface area (Å²) in [5.41, 5.74) is 1.45. The number of carboxylic acids is 1. The molecule has 7 heteroatoms. The molecule has 21 heavy (non-hydrogen) atoms. The second kappa shape index (κ2) is 5.42. The molecule has 2 rings (SSSR count). The van der Waals surface area contributed by atoms with Gasteiger partial charge in [0.05, 0.1) is 10.4 Å². The Kier molecular flexibility index (Phi) is 3.97. The van der Waals surface area contributed by atoms with Crippen molar-refractivity contribution in [1.82, 2.24) is 9.29 Å². The molecule has 1 aromatic carbocycles. The van der Waals surface area contributed by atoms with Gasteiger partial charge in [0.25, 0.3) is 0 Å². The zero-order valence-corrected chi connectivity index (χ0v) is 12.8. The Morgan fingerprint density at radius 2 is 2.00 bits per heavy atom. The highest BCUT2D eigenvalue weighted by atomic mass is 32.2. The number of hydrogen-bond acceptors (Lipinski definition) is 4. The van der Waals surface area contributed by atoms with Crippen LogP contribution in [-0.2, 0) is 14.8 Å². The minimum absolute atomic E-state index is 0.0619. The van der Waals surface area contributed by atoms with E-state index in [-0.39, 0.29) is 4.90 Å². The predicted molar refractivity (Wildman–Crippen MR) is 78.5 cm³/mol. The van der Waals surface area contributed by atoms with Crippen molar-refractivity contribution in [3.05, 3.63) is 36.0 Å². The number of rotatable bonds is 4. The van der Waals surface area contributed by atoms with Gasteiger partial charge in [-0.15, -0.1) is 0 Å². The molecule has 0 aliphatic rings. The molecule has 0 aliphatic heterocycles. The van der Waals surface area contributed by atoms with Gasteiger partial charge in [-0.2, -0.15) is 4.31 Å². The van der Waals surface area contributed by atoms with E-state index in [0.29, 0.717) is 10.9 Å². The Bertz CT molecular complexity index is 802. The third-order valence-electron chi connectivity index (χ3n) is 3.49. The maximum atomic E-state index is 12.6. The van der Waals surface area contributed by atoms with Crippen LogP contribution in [0.3, 0.4) is 0 Å². The first-order valence-electron chi connectivity index (χ1n) is 6.32. The first-order chi connectivity index (χ1) is 9.76. The molecule has 1 heterocycles. The van der Waals surface area contributed by atoms with Gasteiger partial charge < -0.3 is 5.11 Å². The van der Waals surface area contributed by atoms with E-state index in [1.807, 2.05) is 6.92 Å². The second-order valence-electron chi connectivity index (χ2n) is 4.82. The number of pyridine rings is 1. The summed E-state index contributed by atoms with van der Waals surface area (Å²) in [7, 11) is -2.65. The van der Waals surface area contributed by atoms with Crippen LogP contribution in [0.2, 0.25) is 0 Å². The lowest BCUT2D eigenvalue weighted by molar-refractivity contribution is -0.140. The number of likely N-dealkylation sites (N-methyl/N-ethyl adjacent to an activating group) is 1. The van der Waals surface area contributed by atoms with Crippen LogP contribution >= 0.6 is 0 Å². The minimum Gasteiger partial charge on any atom is -0.480 e. The van der Waals surface area contributed by atoms with Crippen LogP contribution in [-0.4, -0.2) is 41.9 Å². The van der Waals surface area contributed by atoms with E-state index in [0.717, 1.165) is 9.87 Å². The molecule has 1 N–H and O–H groups in total. The van der Waals surface area contributed by atoms with Crippen molar-refractivity contribution in [3.8, 4) is 0 Å². The van der Waals surface area contributed by atoms with Crippen LogP contribution in [0, 0.1) is 6.92 Å². The minimum atomic E-state index is -3.91. The molecule has 6 nitrogen and oxygen atoms in total. The predicted octanol–water partition coefficient (Wildman–Crippen LogP) is 1.64. The molecule has 2 aromatic rings. The highest BCUT2D eigenvalue weighted by Gasteiger charge is 2.30. The summed E-state index contributed by atoms with van der Waals surface area (Å²) in [6.07, 6.45) is 1.59. The molecule has 1 atom stereocenters. The van der Waals surface area contributed by atoms with Crippen LogP contribution in [0.1, 0.15) is 12.5 Å². The Labute approximate surface area is 123 Å². The third kappa shape index (κ3) is 2.62. The van der Waals surface area contributed by atoms with Crippen molar-refractivity contribution in [3.63, 3.8) is 0 Å². The van der Waals surface area contributed by atoms with Gasteiger partial charge in [0, 0.05) is 18.6 Å². The number of aromatic nitrogens is 1. The molecular formula is C14H16N2O4S. The topological polar surface area (TPSA) is 87.6 Å². The molecule has 0 aliphatic carbocycles. The molecule has 0 bridgehead atoms. The fraction of sp³-hybridized carbons (Fsp3) is 0.286. The van der Waals surface area contributed by atoms with Gasteiger partial charge in [-0.1, -0.05) is 6.07 Å². The van der Waals surface area contributed by atoms with Crippen LogP contribution in [0.25, 0.3) is 10.9 Å². The SMILES string of the molecule is Cc1ccc(S(=O)(=O)N(C)C(C)C(=O)O)c2cccnc12. The van der Waals surface area contributed by atoms with E-state index in [9.17, 15) is 13.2 Å². The lowest BCUT2D eigenvalue weighted by Crippen LogP contribution is -2.40. The van der Waals surface area contributed by atoms with Gasteiger partial charge in [-0.05, 0) is 37.6 Å².